The second kappa shape index (κ2) is 7.87. The topological polar surface area (TPSA) is 29.5 Å². The minimum absolute atomic E-state index is 0.152. The molecule has 0 atom stereocenters. The first-order chi connectivity index (χ1) is 9.40. The Kier molecular flexibility index (Phi) is 5.79. The van der Waals surface area contributed by atoms with Gasteiger partial charge in [0.1, 0.15) is 5.75 Å². The van der Waals surface area contributed by atoms with Gasteiger partial charge in [0.25, 0.3) is 0 Å². The average Bonchev–Trinajstić information content (AvgIpc) is 2.47. The summed E-state index contributed by atoms with van der Waals surface area (Å²) >= 11 is 1.78. The molecule has 2 aromatic rings. The van der Waals surface area contributed by atoms with Crippen molar-refractivity contribution in [1.29, 1.82) is 0 Å². The molecule has 2 rings (SSSR count). The molecule has 2 aromatic carbocycles. The molecule has 0 aliphatic heterocycles. The maximum absolute atomic E-state index is 9.00. The zero-order valence-electron chi connectivity index (χ0n) is 10.8. The van der Waals surface area contributed by atoms with Crippen LogP contribution in [0.3, 0.4) is 0 Å². The maximum atomic E-state index is 9.00. The molecule has 0 radical (unpaired) electrons. The molecule has 2 nitrogen and oxygen atoms in total. The Labute approximate surface area is 118 Å². The Hall–Kier alpha value is -1.45. The van der Waals surface area contributed by atoms with Crippen LogP contribution in [0.5, 0.6) is 5.75 Å². The van der Waals surface area contributed by atoms with E-state index in [2.05, 4.69) is 12.1 Å². The first-order valence-electron chi connectivity index (χ1n) is 6.39. The van der Waals surface area contributed by atoms with Gasteiger partial charge in [-0.1, -0.05) is 36.4 Å². The summed E-state index contributed by atoms with van der Waals surface area (Å²) < 4.78 is 5.78. The van der Waals surface area contributed by atoms with Crippen LogP contribution in [0.25, 0.3) is 0 Å². The monoisotopic (exact) mass is 274 g/mol. The van der Waals surface area contributed by atoms with Crippen molar-refractivity contribution in [2.75, 3.05) is 19.0 Å². The molecule has 0 saturated heterocycles. The molecule has 1 N–H and O–H groups in total. The summed E-state index contributed by atoms with van der Waals surface area (Å²) in [5.74, 6) is 1.79. The molecule has 0 amide bonds. The van der Waals surface area contributed by atoms with Gasteiger partial charge in [-0.25, -0.2) is 0 Å². The second-order valence-corrected chi connectivity index (χ2v) is 5.26. The SMILES string of the molecule is OCCc1ccccc1OCCSc1ccccc1. The summed E-state index contributed by atoms with van der Waals surface area (Å²) in [6, 6.07) is 18.2. The van der Waals surface area contributed by atoms with Gasteiger partial charge in [0.05, 0.1) is 6.61 Å². The molecule has 19 heavy (non-hydrogen) atoms. The van der Waals surface area contributed by atoms with Gasteiger partial charge >= 0.3 is 0 Å². The van der Waals surface area contributed by atoms with Gasteiger partial charge in [-0.2, -0.15) is 0 Å². The van der Waals surface area contributed by atoms with Gasteiger partial charge in [-0.3, -0.25) is 0 Å². The zero-order valence-corrected chi connectivity index (χ0v) is 11.6. The lowest BCUT2D eigenvalue weighted by molar-refractivity contribution is 0.293. The number of thioether (sulfide) groups is 1. The highest BCUT2D eigenvalue weighted by Gasteiger charge is 2.02. The average molecular weight is 274 g/mol. The lowest BCUT2D eigenvalue weighted by atomic mass is 10.1. The molecular weight excluding hydrogens is 256 g/mol. The van der Waals surface area contributed by atoms with Crippen LogP contribution in [-0.4, -0.2) is 24.1 Å². The number of hydrogen-bond acceptors (Lipinski definition) is 3. The molecule has 0 bridgehead atoms. The van der Waals surface area contributed by atoms with E-state index in [1.54, 1.807) is 11.8 Å². The van der Waals surface area contributed by atoms with Crippen LogP contribution in [0.15, 0.2) is 59.5 Å². The number of para-hydroxylation sites is 1. The molecule has 0 aromatic heterocycles. The van der Waals surface area contributed by atoms with Crippen molar-refractivity contribution < 1.29 is 9.84 Å². The Morgan fingerprint density at radius 1 is 0.947 bits per heavy atom. The van der Waals surface area contributed by atoms with Crippen LogP contribution in [0.4, 0.5) is 0 Å². The van der Waals surface area contributed by atoms with E-state index >= 15 is 0 Å². The Morgan fingerprint density at radius 3 is 2.47 bits per heavy atom. The fourth-order valence-electron chi connectivity index (χ4n) is 1.80. The van der Waals surface area contributed by atoms with Gasteiger partial charge in [0.15, 0.2) is 0 Å². The third-order valence-corrected chi connectivity index (χ3v) is 3.68. The summed E-state index contributed by atoms with van der Waals surface area (Å²) in [7, 11) is 0. The highest BCUT2D eigenvalue weighted by atomic mass is 32.2. The summed E-state index contributed by atoms with van der Waals surface area (Å²) in [6.07, 6.45) is 0.641. The smallest absolute Gasteiger partial charge is 0.122 e. The van der Waals surface area contributed by atoms with Crippen molar-refractivity contribution in [2.24, 2.45) is 0 Å². The van der Waals surface area contributed by atoms with E-state index in [9.17, 15) is 0 Å². The molecular formula is C16H18O2S. The van der Waals surface area contributed by atoms with E-state index in [0.717, 1.165) is 17.1 Å². The first kappa shape index (κ1) is 14.0. The summed E-state index contributed by atoms with van der Waals surface area (Å²) in [5.41, 5.74) is 1.06. The molecule has 0 spiro atoms. The van der Waals surface area contributed by atoms with Crippen molar-refractivity contribution >= 4 is 11.8 Å². The van der Waals surface area contributed by atoms with Crippen molar-refractivity contribution in [2.45, 2.75) is 11.3 Å². The van der Waals surface area contributed by atoms with Gasteiger partial charge in [-0.05, 0) is 30.2 Å². The third kappa shape index (κ3) is 4.62. The van der Waals surface area contributed by atoms with E-state index in [-0.39, 0.29) is 6.61 Å². The van der Waals surface area contributed by atoms with Crippen LogP contribution in [-0.2, 0) is 6.42 Å². The fraction of sp³-hybridized carbons (Fsp3) is 0.250. The predicted octanol–water partition coefficient (Wildman–Crippen LogP) is 3.39. The molecule has 0 aliphatic rings. The Morgan fingerprint density at radius 2 is 1.68 bits per heavy atom. The van der Waals surface area contributed by atoms with Gasteiger partial charge in [-0.15, -0.1) is 11.8 Å². The lowest BCUT2D eigenvalue weighted by Crippen LogP contribution is -2.03. The highest BCUT2D eigenvalue weighted by molar-refractivity contribution is 7.99. The van der Waals surface area contributed by atoms with Crippen molar-refractivity contribution in [3.8, 4) is 5.75 Å². The summed E-state index contributed by atoms with van der Waals surface area (Å²) in [4.78, 5) is 1.26. The lowest BCUT2D eigenvalue weighted by Gasteiger charge is -2.10. The van der Waals surface area contributed by atoms with E-state index in [1.165, 1.54) is 4.90 Å². The molecule has 100 valence electrons. The van der Waals surface area contributed by atoms with E-state index in [4.69, 9.17) is 9.84 Å². The fourth-order valence-corrected chi connectivity index (χ4v) is 2.55. The molecule has 0 heterocycles. The zero-order chi connectivity index (χ0) is 13.3. The number of aliphatic hydroxyl groups is 1. The third-order valence-electron chi connectivity index (χ3n) is 2.71. The quantitative estimate of drug-likeness (QED) is 0.620. The van der Waals surface area contributed by atoms with Crippen LogP contribution in [0.2, 0.25) is 0 Å². The molecule has 0 fully saturated rings. The Bertz CT molecular complexity index is 485. The minimum Gasteiger partial charge on any atom is -0.492 e. The summed E-state index contributed by atoms with van der Waals surface area (Å²) in [5, 5.41) is 9.00. The number of rotatable bonds is 7. The number of hydrogen-bond donors (Lipinski definition) is 1. The second-order valence-electron chi connectivity index (χ2n) is 4.09. The first-order valence-corrected chi connectivity index (χ1v) is 7.38. The standard InChI is InChI=1S/C16H18O2S/c17-11-10-14-6-4-5-9-16(14)18-12-13-19-15-7-2-1-3-8-15/h1-9,17H,10-13H2. The number of benzene rings is 2. The van der Waals surface area contributed by atoms with E-state index < -0.39 is 0 Å². The maximum Gasteiger partial charge on any atom is 0.122 e. The molecule has 0 saturated carbocycles. The molecule has 3 heteroatoms. The molecule has 0 unspecified atom stereocenters. The largest absolute Gasteiger partial charge is 0.492 e. The van der Waals surface area contributed by atoms with Crippen LogP contribution in [0, 0.1) is 0 Å². The van der Waals surface area contributed by atoms with Crippen LogP contribution in [0.1, 0.15) is 5.56 Å². The van der Waals surface area contributed by atoms with Gasteiger partial charge in [0, 0.05) is 17.3 Å². The van der Waals surface area contributed by atoms with Crippen molar-refractivity contribution in [1.82, 2.24) is 0 Å². The highest BCUT2D eigenvalue weighted by Crippen LogP contribution is 2.20. The van der Waals surface area contributed by atoms with Crippen molar-refractivity contribution in [3.05, 3.63) is 60.2 Å². The normalized spacial score (nSPS) is 10.4. The van der Waals surface area contributed by atoms with Gasteiger partial charge in [0.2, 0.25) is 0 Å². The van der Waals surface area contributed by atoms with E-state index in [0.29, 0.717) is 13.0 Å². The predicted molar refractivity (Wildman–Crippen MR) is 79.9 cm³/mol. The summed E-state index contributed by atoms with van der Waals surface area (Å²) in [6.45, 7) is 0.821. The van der Waals surface area contributed by atoms with Gasteiger partial charge < -0.3 is 9.84 Å². The number of ether oxygens (including phenoxy) is 1. The molecule has 0 aliphatic carbocycles. The minimum atomic E-state index is 0.152. The number of aliphatic hydroxyl groups excluding tert-OH is 1. The van der Waals surface area contributed by atoms with Crippen LogP contribution >= 0.6 is 11.8 Å². The Balaban J connectivity index is 1.79. The van der Waals surface area contributed by atoms with Crippen molar-refractivity contribution in [3.63, 3.8) is 0 Å². The van der Waals surface area contributed by atoms with Crippen LogP contribution < -0.4 is 4.74 Å². The van der Waals surface area contributed by atoms with E-state index in [1.807, 2.05) is 42.5 Å².